The first-order chi connectivity index (χ1) is 16.1. The predicted octanol–water partition coefficient (Wildman–Crippen LogP) is 3.94. The van der Waals surface area contributed by atoms with Crippen molar-refractivity contribution in [3.8, 4) is 6.07 Å². The molecule has 0 atom stereocenters. The molecular weight excluding hydrogens is 476 g/mol. The van der Waals surface area contributed by atoms with Gasteiger partial charge in [-0.3, -0.25) is 9.59 Å². The standard InChI is InChI=1S/C23H17ClF4N4O2/c24-8-20(33)31-11-16(12-31)30-21-17-7-14(23(26,27)28)3-6-19(17)32(22(34)18(21)9-29)10-13-1-4-15(25)5-2-13/h1-7,16,30H,8,10-12H2. The molecule has 0 radical (unpaired) electrons. The first-order valence-electron chi connectivity index (χ1n) is 10.1. The summed E-state index contributed by atoms with van der Waals surface area (Å²) in [6, 6.07) is 9.68. The van der Waals surface area contributed by atoms with Crippen LogP contribution < -0.4 is 10.9 Å². The maximum Gasteiger partial charge on any atom is 0.416 e. The van der Waals surface area contributed by atoms with Crippen molar-refractivity contribution in [1.82, 2.24) is 9.47 Å². The van der Waals surface area contributed by atoms with E-state index >= 15 is 0 Å². The van der Waals surface area contributed by atoms with Crippen LogP contribution in [0, 0.1) is 17.1 Å². The van der Waals surface area contributed by atoms with Crippen molar-refractivity contribution in [2.75, 3.05) is 24.3 Å². The number of benzene rings is 2. The molecule has 2 heterocycles. The van der Waals surface area contributed by atoms with E-state index in [4.69, 9.17) is 11.6 Å². The fourth-order valence-corrected chi connectivity index (χ4v) is 4.05. The maximum absolute atomic E-state index is 13.5. The number of carbonyl (C=O) groups is 1. The van der Waals surface area contributed by atoms with E-state index in [0.717, 1.165) is 12.1 Å². The maximum atomic E-state index is 13.5. The van der Waals surface area contributed by atoms with Gasteiger partial charge in [-0.05, 0) is 35.9 Å². The lowest BCUT2D eigenvalue weighted by Gasteiger charge is -2.40. The average molecular weight is 493 g/mol. The molecule has 176 valence electrons. The molecule has 0 aliphatic carbocycles. The lowest BCUT2D eigenvalue weighted by molar-refractivity contribution is -0.137. The topological polar surface area (TPSA) is 78.1 Å². The number of nitrogens with zero attached hydrogens (tertiary/aromatic N) is 3. The fraction of sp³-hybridized carbons (Fsp3) is 0.261. The van der Waals surface area contributed by atoms with E-state index in [1.807, 2.05) is 6.07 Å². The summed E-state index contributed by atoms with van der Waals surface area (Å²) >= 11 is 5.54. The van der Waals surface area contributed by atoms with Gasteiger partial charge in [0.2, 0.25) is 5.91 Å². The number of nitrogens with one attached hydrogen (secondary N) is 1. The zero-order valence-corrected chi connectivity index (χ0v) is 18.3. The number of rotatable bonds is 5. The van der Waals surface area contributed by atoms with Crippen molar-refractivity contribution in [2.24, 2.45) is 0 Å². The van der Waals surface area contributed by atoms with Crippen LogP contribution in [0.2, 0.25) is 0 Å². The van der Waals surface area contributed by atoms with Crippen molar-refractivity contribution in [2.45, 2.75) is 18.8 Å². The number of pyridine rings is 1. The van der Waals surface area contributed by atoms with E-state index in [2.05, 4.69) is 5.32 Å². The van der Waals surface area contributed by atoms with E-state index < -0.39 is 23.1 Å². The Morgan fingerprint density at radius 3 is 2.44 bits per heavy atom. The van der Waals surface area contributed by atoms with Gasteiger partial charge >= 0.3 is 6.18 Å². The van der Waals surface area contributed by atoms with Crippen LogP contribution in [-0.4, -0.2) is 40.4 Å². The van der Waals surface area contributed by atoms with Gasteiger partial charge < -0.3 is 14.8 Å². The number of aromatic nitrogens is 1. The molecule has 6 nitrogen and oxygen atoms in total. The number of nitriles is 1. The normalized spacial score (nSPS) is 14.1. The van der Waals surface area contributed by atoms with E-state index in [9.17, 15) is 32.4 Å². The Morgan fingerprint density at radius 2 is 1.85 bits per heavy atom. The summed E-state index contributed by atoms with van der Waals surface area (Å²) < 4.78 is 54.9. The Balaban J connectivity index is 1.84. The van der Waals surface area contributed by atoms with Crippen LogP contribution >= 0.6 is 11.6 Å². The summed E-state index contributed by atoms with van der Waals surface area (Å²) in [5.41, 5.74) is -1.30. The SMILES string of the molecule is N#Cc1c(NC2CN(C(=O)CCl)C2)c2cc(C(F)(F)F)ccc2n(Cc2ccc(F)cc2)c1=O. The van der Waals surface area contributed by atoms with Crippen molar-refractivity contribution in [3.05, 3.63) is 75.3 Å². The first-order valence-corrected chi connectivity index (χ1v) is 10.7. The largest absolute Gasteiger partial charge is 0.416 e. The zero-order chi connectivity index (χ0) is 24.6. The molecule has 0 bridgehead atoms. The minimum Gasteiger partial charge on any atom is -0.377 e. The predicted molar refractivity (Wildman–Crippen MR) is 118 cm³/mol. The van der Waals surface area contributed by atoms with Crippen LogP contribution in [0.25, 0.3) is 10.9 Å². The smallest absolute Gasteiger partial charge is 0.377 e. The summed E-state index contributed by atoms with van der Waals surface area (Å²) in [6.07, 6.45) is -4.64. The third-order valence-electron chi connectivity index (χ3n) is 5.66. The van der Waals surface area contributed by atoms with Crippen LogP contribution in [0.4, 0.5) is 23.2 Å². The van der Waals surface area contributed by atoms with Crippen molar-refractivity contribution >= 4 is 34.1 Å². The molecule has 1 aromatic heterocycles. The van der Waals surface area contributed by atoms with E-state index in [-0.39, 0.29) is 59.6 Å². The second-order valence-corrected chi connectivity index (χ2v) is 8.15. The lowest BCUT2D eigenvalue weighted by atomic mass is 10.0. The molecule has 34 heavy (non-hydrogen) atoms. The molecule has 11 heteroatoms. The average Bonchev–Trinajstić information content (AvgIpc) is 2.78. The van der Waals surface area contributed by atoms with Crippen LogP contribution in [0.1, 0.15) is 16.7 Å². The van der Waals surface area contributed by atoms with E-state index in [1.165, 1.54) is 39.8 Å². The van der Waals surface area contributed by atoms with Gasteiger partial charge in [-0.25, -0.2) is 4.39 Å². The van der Waals surface area contributed by atoms with Gasteiger partial charge in [0.15, 0.2) is 0 Å². The molecule has 1 N–H and O–H groups in total. The first kappa shape index (κ1) is 23.6. The third-order valence-corrected chi connectivity index (χ3v) is 5.88. The number of hydrogen-bond acceptors (Lipinski definition) is 4. The molecule has 1 fully saturated rings. The molecule has 4 rings (SSSR count). The number of halogens is 5. The van der Waals surface area contributed by atoms with Gasteiger partial charge in [0.25, 0.3) is 5.56 Å². The number of alkyl halides is 4. The Morgan fingerprint density at radius 1 is 1.18 bits per heavy atom. The van der Waals surface area contributed by atoms with Crippen LogP contribution in [0.3, 0.4) is 0 Å². The van der Waals surface area contributed by atoms with Gasteiger partial charge in [-0.1, -0.05) is 12.1 Å². The summed E-state index contributed by atoms with van der Waals surface area (Å²) in [4.78, 5) is 26.4. The summed E-state index contributed by atoms with van der Waals surface area (Å²) in [7, 11) is 0. The van der Waals surface area contributed by atoms with Crippen molar-refractivity contribution in [1.29, 1.82) is 5.26 Å². The molecule has 1 aliphatic heterocycles. The van der Waals surface area contributed by atoms with Crippen LogP contribution in [0.5, 0.6) is 0 Å². The van der Waals surface area contributed by atoms with Gasteiger partial charge in [0, 0.05) is 18.5 Å². The monoisotopic (exact) mass is 492 g/mol. The summed E-state index contributed by atoms with van der Waals surface area (Å²) in [6.45, 7) is 0.391. The molecule has 1 aliphatic rings. The van der Waals surface area contributed by atoms with Crippen molar-refractivity contribution < 1.29 is 22.4 Å². The minimum absolute atomic E-state index is 0.0214. The molecule has 2 aromatic carbocycles. The Kier molecular flexibility index (Phi) is 6.23. The minimum atomic E-state index is -4.64. The van der Waals surface area contributed by atoms with Gasteiger partial charge in [0.05, 0.1) is 29.4 Å². The zero-order valence-electron chi connectivity index (χ0n) is 17.5. The number of hydrogen-bond donors (Lipinski definition) is 1. The number of anilines is 1. The fourth-order valence-electron chi connectivity index (χ4n) is 3.88. The Hall–Kier alpha value is -3.58. The molecule has 0 unspecified atom stereocenters. The third kappa shape index (κ3) is 4.43. The summed E-state index contributed by atoms with van der Waals surface area (Å²) in [5, 5.41) is 12.8. The number of carbonyl (C=O) groups excluding carboxylic acids is 1. The summed E-state index contributed by atoms with van der Waals surface area (Å²) in [5.74, 6) is -0.970. The van der Waals surface area contributed by atoms with Gasteiger partial charge in [-0.2, -0.15) is 18.4 Å². The highest BCUT2D eigenvalue weighted by Gasteiger charge is 2.34. The number of amides is 1. The van der Waals surface area contributed by atoms with E-state index in [0.29, 0.717) is 5.56 Å². The highest BCUT2D eigenvalue weighted by Crippen LogP contribution is 2.35. The van der Waals surface area contributed by atoms with E-state index in [1.54, 1.807) is 0 Å². The van der Waals surface area contributed by atoms with Crippen LogP contribution in [0.15, 0.2) is 47.3 Å². The molecule has 3 aromatic rings. The van der Waals surface area contributed by atoms with Gasteiger partial charge in [0.1, 0.15) is 23.3 Å². The Labute approximate surface area is 196 Å². The van der Waals surface area contributed by atoms with Crippen molar-refractivity contribution in [3.63, 3.8) is 0 Å². The second-order valence-electron chi connectivity index (χ2n) is 7.88. The molecule has 0 spiro atoms. The number of likely N-dealkylation sites (tertiary alicyclic amines) is 1. The lowest BCUT2D eigenvalue weighted by Crippen LogP contribution is -2.57. The second kappa shape index (κ2) is 8.99. The molecule has 1 amide bonds. The van der Waals surface area contributed by atoms with Gasteiger partial charge in [-0.15, -0.1) is 11.6 Å². The van der Waals surface area contributed by atoms with Crippen LogP contribution in [-0.2, 0) is 17.5 Å². The Bertz CT molecular complexity index is 1360. The highest BCUT2D eigenvalue weighted by molar-refractivity contribution is 6.27. The number of fused-ring (bicyclic) bond motifs is 1. The quantitative estimate of drug-likeness (QED) is 0.432. The molecule has 1 saturated heterocycles. The highest BCUT2D eigenvalue weighted by atomic mass is 35.5. The molecular formula is C23H17ClF4N4O2. The molecule has 0 saturated carbocycles.